The molecule has 0 bridgehead atoms. The maximum absolute atomic E-state index is 12.9. The highest BCUT2D eigenvalue weighted by Crippen LogP contribution is 2.25. The Morgan fingerprint density at radius 3 is 2.17 bits per heavy atom. The molecule has 2 N–H and O–H groups in total. The molecule has 0 amide bonds. The number of hydrogen-bond donors (Lipinski definition) is 2. The van der Waals surface area contributed by atoms with E-state index in [9.17, 15) is 16.8 Å². The summed E-state index contributed by atoms with van der Waals surface area (Å²) in [5, 5.41) is 0. The van der Waals surface area contributed by atoms with E-state index in [1.807, 2.05) is 6.92 Å². The average molecular weight is 435 g/mol. The van der Waals surface area contributed by atoms with Gasteiger partial charge in [-0.1, -0.05) is 23.8 Å². The molecular weight excluding hydrogens is 412 g/mol. The summed E-state index contributed by atoms with van der Waals surface area (Å²) in [5.41, 5.74) is 2.37. The summed E-state index contributed by atoms with van der Waals surface area (Å²) in [6, 6.07) is 12.6. The third-order valence-corrected chi connectivity index (χ3v) is 7.37. The van der Waals surface area contributed by atoms with Gasteiger partial charge in [0.1, 0.15) is 5.76 Å². The normalized spacial score (nSPS) is 12.1. The van der Waals surface area contributed by atoms with Gasteiger partial charge in [0, 0.05) is 0 Å². The van der Waals surface area contributed by atoms with Gasteiger partial charge < -0.3 is 4.42 Å². The first-order valence-electron chi connectivity index (χ1n) is 8.81. The molecule has 0 aliphatic heterocycles. The van der Waals surface area contributed by atoms with Gasteiger partial charge in [0.25, 0.3) is 10.0 Å². The van der Waals surface area contributed by atoms with Crippen LogP contribution < -0.4 is 9.44 Å². The Labute approximate surface area is 170 Å². The number of anilines is 1. The molecule has 0 saturated heterocycles. The van der Waals surface area contributed by atoms with E-state index >= 15 is 0 Å². The van der Waals surface area contributed by atoms with Crippen LogP contribution in [0, 0.1) is 20.8 Å². The molecule has 0 saturated carbocycles. The van der Waals surface area contributed by atoms with Crippen LogP contribution in [0.2, 0.25) is 0 Å². The summed E-state index contributed by atoms with van der Waals surface area (Å²) in [6.45, 7) is 5.35. The lowest BCUT2D eigenvalue weighted by Gasteiger charge is -2.14. The van der Waals surface area contributed by atoms with Crippen LogP contribution in [0.1, 0.15) is 22.5 Å². The Bertz CT molecular complexity index is 1210. The Morgan fingerprint density at radius 2 is 1.55 bits per heavy atom. The second-order valence-electron chi connectivity index (χ2n) is 6.77. The summed E-state index contributed by atoms with van der Waals surface area (Å²) < 4.78 is 60.9. The fourth-order valence-electron chi connectivity index (χ4n) is 3.19. The molecule has 1 heterocycles. The Kier molecular flexibility index (Phi) is 5.83. The minimum absolute atomic E-state index is 0.00690. The van der Waals surface area contributed by atoms with Gasteiger partial charge in [-0.15, -0.1) is 0 Å². The molecule has 1 aromatic heterocycles. The standard InChI is InChI=1S/C20H22N2O5S2/c1-14-10-15(2)20(16(3)11-14)29(25,26)22-17-6-4-8-19(12-17)28(23,24)21-13-18-7-5-9-27-18/h4-12,21-22H,13H2,1-3H3. The summed E-state index contributed by atoms with van der Waals surface area (Å²) >= 11 is 0. The van der Waals surface area contributed by atoms with Crippen molar-refractivity contribution < 1.29 is 21.3 Å². The van der Waals surface area contributed by atoms with Crippen molar-refractivity contribution in [3.8, 4) is 0 Å². The first kappa shape index (κ1) is 21.1. The third kappa shape index (κ3) is 4.87. The van der Waals surface area contributed by atoms with Crippen molar-refractivity contribution in [2.45, 2.75) is 37.1 Å². The van der Waals surface area contributed by atoms with Crippen LogP contribution in [0.5, 0.6) is 0 Å². The zero-order valence-corrected chi connectivity index (χ0v) is 17.9. The SMILES string of the molecule is Cc1cc(C)c(S(=O)(=O)Nc2cccc(S(=O)(=O)NCc3ccco3)c2)c(C)c1. The Morgan fingerprint density at radius 1 is 0.862 bits per heavy atom. The van der Waals surface area contributed by atoms with Gasteiger partial charge in [0.15, 0.2) is 0 Å². The van der Waals surface area contributed by atoms with Crippen LogP contribution in [0.15, 0.2) is 69.0 Å². The highest BCUT2D eigenvalue weighted by atomic mass is 32.2. The molecule has 0 radical (unpaired) electrons. The van der Waals surface area contributed by atoms with Crippen molar-refractivity contribution in [1.82, 2.24) is 4.72 Å². The Balaban J connectivity index is 1.86. The van der Waals surface area contributed by atoms with Crippen molar-refractivity contribution in [3.63, 3.8) is 0 Å². The van der Waals surface area contributed by atoms with Crippen LogP contribution in [0.25, 0.3) is 0 Å². The lowest BCUT2D eigenvalue weighted by atomic mass is 10.1. The number of hydrogen-bond acceptors (Lipinski definition) is 5. The van der Waals surface area contributed by atoms with Gasteiger partial charge in [-0.25, -0.2) is 21.6 Å². The topological polar surface area (TPSA) is 105 Å². The summed E-state index contributed by atoms with van der Waals surface area (Å²) in [5.74, 6) is 0.468. The van der Waals surface area contributed by atoms with Crippen LogP contribution in [0.4, 0.5) is 5.69 Å². The molecule has 0 unspecified atom stereocenters. The molecule has 29 heavy (non-hydrogen) atoms. The van der Waals surface area contributed by atoms with Gasteiger partial charge in [-0.05, 0) is 62.2 Å². The van der Waals surface area contributed by atoms with Gasteiger partial charge in [0.05, 0.1) is 28.3 Å². The van der Waals surface area contributed by atoms with Crippen LogP contribution in [-0.2, 0) is 26.6 Å². The molecule has 0 aliphatic carbocycles. The predicted octanol–water partition coefficient (Wildman–Crippen LogP) is 3.48. The number of furan rings is 1. The van der Waals surface area contributed by atoms with E-state index in [0.29, 0.717) is 16.9 Å². The van der Waals surface area contributed by atoms with E-state index < -0.39 is 20.0 Å². The highest BCUT2D eigenvalue weighted by molar-refractivity contribution is 7.92. The first-order chi connectivity index (χ1) is 13.6. The van der Waals surface area contributed by atoms with E-state index in [2.05, 4.69) is 9.44 Å². The van der Waals surface area contributed by atoms with Crippen molar-refractivity contribution >= 4 is 25.7 Å². The quantitative estimate of drug-likeness (QED) is 0.592. The van der Waals surface area contributed by atoms with Crippen LogP contribution in [0.3, 0.4) is 0 Å². The van der Waals surface area contributed by atoms with E-state index in [-0.39, 0.29) is 22.0 Å². The molecule has 0 atom stereocenters. The zero-order chi connectivity index (χ0) is 21.2. The van der Waals surface area contributed by atoms with Crippen molar-refractivity contribution in [3.05, 3.63) is 77.2 Å². The van der Waals surface area contributed by atoms with Gasteiger partial charge in [-0.3, -0.25) is 4.72 Å². The number of benzene rings is 2. The monoisotopic (exact) mass is 434 g/mol. The summed E-state index contributed by atoms with van der Waals surface area (Å²) in [4.78, 5) is 0.133. The average Bonchev–Trinajstić information content (AvgIpc) is 3.12. The number of aryl methyl sites for hydroxylation is 3. The van der Waals surface area contributed by atoms with Crippen molar-refractivity contribution in [2.75, 3.05) is 4.72 Å². The van der Waals surface area contributed by atoms with Gasteiger partial charge in [0.2, 0.25) is 10.0 Å². The molecule has 9 heteroatoms. The van der Waals surface area contributed by atoms with E-state index in [1.165, 1.54) is 30.5 Å². The van der Waals surface area contributed by atoms with Gasteiger partial charge >= 0.3 is 0 Å². The molecule has 154 valence electrons. The van der Waals surface area contributed by atoms with Crippen LogP contribution >= 0.6 is 0 Å². The third-order valence-electron chi connectivity index (χ3n) is 4.29. The van der Waals surface area contributed by atoms with E-state index in [1.54, 1.807) is 38.1 Å². The second kappa shape index (κ2) is 8.02. The number of rotatable bonds is 7. The smallest absolute Gasteiger partial charge is 0.262 e. The lowest BCUT2D eigenvalue weighted by Crippen LogP contribution is -2.23. The molecule has 0 aliphatic rings. The zero-order valence-electron chi connectivity index (χ0n) is 16.3. The highest BCUT2D eigenvalue weighted by Gasteiger charge is 2.21. The molecule has 3 aromatic rings. The molecule has 7 nitrogen and oxygen atoms in total. The Hall–Kier alpha value is -2.62. The molecule has 3 rings (SSSR count). The molecule has 0 fully saturated rings. The summed E-state index contributed by atoms with van der Waals surface area (Å²) in [7, 11) is -7.73. The minimum atomic E-state index is -3.88. The largest absolute Gasteiger partial charge is 0.468 e. The van der Waals surface area contributed by atoms with E-state index in [4.69, 9.17) is 4.42 Å². The molecule has 0 spiro atoms. The predicted molar refractivity (Wildman–Crippen MR) is 111 cm³/mol. The fourth-order valence-corrected chi connectivity index (χ4v) is 5.73. The maximum Gasteiger partial charge on any atom is 0.262 e. The van der Waals surface area contributed by atoms with Crippen LogP contribution in [-0.4, -0.2) is 16.8 Å². The first-order valence-corrected chi connectivity index (χ1v) is 11.8. The number of sulfonamides is 2. The lowest BCUT2D eigenvalue weighted by molar-refractivity contribution is 0.498. The van der Waals surface area contributed by atoms with E-state index in [0.717, 1.165) is 5.56 Å². The molecule has 2 aromatic carbocycles. The molecular formula is C20H22N2O5S2. The van der Waals surface area contributed by atoms with Crippen molar-refractivity contribution in [2.24, 2.45) is 0 Å². The van der Waals surface area contributed by atoms with Gasteiger partial charge in [-0.2, -0.15) is 0 Å². The summed E-state index contributed by atoms with van der Waals surface area (Å²) in [6.07, 6.45) is 1.45. The van der Waals surface area contributed by atoms with Crippen molar-refractivity contribution in [1.29, 1.82) is 0 Å². The minimum Gasteiger partial charge on any atom is -0.468 e. The second-order valence-corrected chi connectivity index (χ2v) is 10.2. The number of nitrogens with one attached hydrogen (secondary N) is 2. The maximum atomic E-state index is 12.9. The fraction of sp³-hybridized carbons (Fsp3) is 0.200.